The van der Waals surface area contributed by atoms with Crippen molar-refractivity contribution in [2.24, 2.45) is 5.92 Å². The molecule has 1 fully saturated rings. The molecule has 7 heteroatoms. The van der Waals surface area contributed by atoms with Crippen LogP contribution in [-0.2, 0) is 4.79 Å². The van der Waals surface area contributed by atoms with E-state index in [1.165, 1.54) is 0 Å². The van der Waals surface area contributed by atoms with E-state index in [4.69, 9.17) is 4.74 Å². The number of ketones is 1. The van der Waals surface area contributed by atoms with Gasteiger partial charge in [-0.15, -0.1) is 12.4 Å². The first-order valence-electron chi connectivity index (χ1n) is 8.34. The van der Waals surface area contributed by atoms with Gasteiger partial charge >= 0.3 is 0 Å². The Morgan fingerprint density at radius 3 is 2.80 bits per heavy atom. The minimum atomic E-state index is -0.0646. The van der Waals surface area contributed by atoms with Crippen LogP contribution >= 0.6 is 28.3 Å². The highest BCUT2D eigenvalue weighted by Crippen LogP contribution is 2.25. The molecule has 140 valence electrons. The van der Waals surface area contributed by atoms with E-state index in [2.05, 4.69) is 21.2 Å². The third-order valence-corrected chi connectivity index (χ3v) is 4.89. The molecule has 1 saturated heterocycles. The molecule has 0 spiro atoms. The average molecular weight is 434 g/mol. The van der Waals surface area contributed by atoms with E-state index in [1.807, 2.05) is 18.0 Å². The number of halogens is 2. The van der Waals surface area contributed by atoms with Crippen LogP contribution in [0, 0.1) is 5.92 Å². The van der Waals surface area contributed by atoms with E-state index in [1.54, 1.807) is 19.2 Å². The van der Waals surface area contributed by atoms with E-state index in [-0.39, 0.29) is 36.9 Å². The lowest BCUT2D eigenvalue weighted by Gasteiger charge is -2.32. The molecule has 2 rings (SSSR count). The van der Waals surface area contributed by atoms with Gasteiger partial charge in [-0.2, -0.15) is 0 Å². The lowest BCUT2D eigenvalue weighted by atomic mass is 9.97. The molecule has 1 aliphatic rings. The van der Waals surface area contributed by atoms with Crippen LogP contribution in [-0.4, -0.2) is 50.4 Å². The van der Waals surface area contributed by atoms with Crippen LogP contribution in [0.25, 0.3) is 0 Å². The lowest BCUT2D eigenvalue weighted by molar-refractivity contribution is -0.132. The summed E-state index contributed by atoms with van der Waals surface area (Å²) in [5.74, 6) is 1.06. The first-order valence-corrected chi connectivity index (χ1v) is 9.13. The smallest absolute Gasteiger partial charge is 0.223 e. The molecule has 1 aliphatic heterocycles. The maximum Gasteiger partial charge on any atom is 0.223 e. The van der Waals surface area contributed by atoms with Crippen LogP contribution in [0.4, 0.5) is 0 Å². The fourth-order valence-electron chi connectivity index (χ4n) is 3.16. The highest BCUT2D eigenvalue weighted by atomic mass is 79.9. The summed E-state index contributed by atoms with van der Waals surface area (Å²) in [5, 5.41) is 3.18. The Morgan fingerprint density at radius 1 is 1.36 bits per heavy atom. The monoisotopic (exact) mass is 432 g/mol. The van der Waals surface area contributed by atoms with Crippen LogP contribution in [0.5, 0.6) is 5.75 Å². The van der Waals surface area contributed by atoms with Crippen molar-refractivity contribution < 1.29 is 14.3 Å². The second-order valence-corrected chi connectivity index (χ2v) is 7.09. The maximum absolute atomic E-state index is 12.4. The molecule has 1 heterocycles. The van der Waals surface area contributed by atoms with Gasteiger partial charge in [-0.3, -0.25) is 9.59 Å². The van der Waals surface area contributed by atoms with Crippen molar-refractivity contribution in [1.29, 1.82) is 0 Å². The fourth-order valence-corrected chi connectivity index (χ4v) is 3.52. The standard InChI is InChI=1S/C18H25BrN2O3.ClH/c1-20-11-13-4-3-9-21(12-13)18(23)8-6-16(22)15-10-14(19)5-7-17(15)24-2;/h5,7,10,13,20H,3-4,6,8-9,11-12H2,1-2H3;1H. The van der Waals surface area contributed by atoms with Crippen LogP contribution in [0.15, 0.2) is 22.7 Å². The summed E-state index contributed by atoms with van der Waals surface area (Å²) in [6.07, 6.45) is 2.64. The number of carbonyl (C=O) groups excluding carboxylic acids is 2. The minimum absolute atomic E-state index is 0. The molecule has 0 saturated carbocycles. The molecule has 5 nitrogen and oxygen atoms in total. The molecule has 1 unspecified atom stereocenters. The van der Waals surface area contributed by atoms with Crippen LogP contribution in [0.3, 0.4) is 0 Å². The summed E-state index contributed by atoms with van der Waals surface area (Å²) in [4.78, 5) is 26.8. The number of likely N-dealkylation sites (tertiary alicyclic amines) is 1. The van der Waals surface area contributed by atoms with Gasteiger partial charge in [0.25, 0.3) is 0 Å². The van der Waals surface area contributed by atoms with Gasteiger partial charge in [-0.1, -0.05) is 15.9 Å². The molecule has 1 amide bonds. The molecule has 1 aromatic rings. The van der Waals surface area contributed by atoms with E-state index >= 15 is 0 Å². The topological polar surface area (TPSA) is 58.6 Å². The third-order valence-electron chi connectivity index (χ3n) is 4.39. The Labute approximate surface area is 164 Å². The number of hydrogen-bond acceptors (Lipinski definition) is 4. The predicted octanol–water partition coefficient (Wildman–Crippen LogP) is 3.30. The number of piperidine rings is 1. The average Bonchev–Trinajstić information content (AvgIpc) is 2.60. The highest BCUT2D eigenvalue weighted by Gasteiger charge is 2.24. The van der Waals surface area contributed by atoms with Crippen molar-refractivity contribution in [3.63, 3.8) is 0 Å². The fraction of sp³-hybridized carbons (Fsp3) is 0.556. The quantitative estimate of drug-likeness (QED) is 0.670. The molecule has 1 N–H and O–H groups in total. The van der Waals surface area contributed by atoms with Gasteiger partial charge in [0.15, 0.2) is 5.78 Å². The van der Waals surface area contributed by atoms with Crippen molar-refractivity contribution in [2.75, 3.05) is 33.8 Å². The normalized spacial score (nSPS) is 16.9. The van der Waals surface area contributed by atoms with Gasteiger partial charge in [0.2, 0.25) is 5.91 Å². The summed E-state index contributed by atoms with van der Waals surface area (Å²) >= 11 is 3.37. The molecule has 0 aromatic heterocycles. The van der Waals surface area contributed by atoms with Gasteiger partial charge in [-0.25, -0.2) is 0 Å². The number of nitrogens with one attached hydrogen (secondary N) is 1. The lowest BCUT2D eigenvalue weighted by Crippen LogP contribution is -2.42. The molecule has 0 bridgehead atoms. The van der Waals surface area contributed by atoms with Crippen molar-refractivity contribution in [1.82, 2.24) is 10.2 Å². The van der Waals surface area contributed by atoms with Crippen LogP contribution < -0.4 is 10.1 Å². The summed E-state index contributed by atoms with van der Waals surface area (Å²) in [5.41, 5.74) is 0.520. The molecular weight excluding hydrogens is 408 g/mol. The first kappa shape index (κ1) is 21.9. The zero-order chi connectivity index (χ0) is 17.5. The second kappa shape index (κ2) is 10.8. The Bertz CT molecular complexity index is 596. The highest BCUT2D eigenvalue weighted by molar-refractivity contribution is 9.10. The number of ether oxygens (including phenoxy) is 1. The predicted molar refractivity (Wildman–Crippen MR) is 105 cm³/mol. The Balaban J connectivity index is 0.00000312. The van der Waals surface area contributed by atoms with Gasteiger partial charge < -0.3 is 15.0 Å². The Morgan fingerprint density at radius 2 is 2.12 bits per heavy atom. The molecular formula is C18H26BrClN2O3. The zero-order valence-electron chi connectivity index (χ0n) is 14.7. The molecule has 0 radical (unpaired) electrons. The minimum Gasteiger partial charge on any atom is -0.496 e. The number of Topliss-reactive ketones (excluding diaryl/α,β-unsaturated/α-hetero) is 1. The van der Waals surface area contributed by atoms with Gasteiger partial charge in [-0.05, 0) is 50.6 Å². The summed E-state index contributed by atoms with van der Waals surface area (Å²) in [6, 6.07) is 5.33. The summed E-state index contributed by atoms with van der Waals surface area (Å²) < 4.78 is 6.06. The largest absolute Gasteiger partial charge is 0.496 e. The van der Waals surface area contributed by atoms with Crippen molar-refractivity contribution >= 4 is 40.0 Å². The van der Waals surface area contributed by atoms with Gasteiger partial charge in [0.1, 0.15) is 5.75 Å². The first-order chi connectivity index (χ1) is 11.5. The molecule has 25 heavy (non-hydrogen) atoms. The number of carbonyl (C=O) groups is 2. The maximum atomic E-state index is 12.4. The van der Waals surface area contributed by atoms with Gasteiger partial charge in [0.05, 0.1) is 12.7 Å². The number of methoxy groups -OCH3 is 1. The third kappa shape index (κ3) is 6.28. The van der Waals surface area contributed by atoms with E-state index in [0.29, 0.717) is 17.2 Å². The van der Waals surface area contributed by atoms with Crippen LogP contribution in [0.2, 0.25) is 0 Å². The SMILES string of the molecule is CNCC1CCCN(C(=O)CCC(=O)c2cc(Br)ccc2OC)C1.Cl. The zero-order valence-corrected chi connectivity index (χ0v) is 17.1. The molecule has 1 atom stereocenters. The van der Waals surface area contributed by atoms with Crippen molar-refractivity contribution in [2.45, 2.75) is 25.7 Å². The van der Waals surface area contributed by atoms with Crippen molar-refractivity contribution in [3.8, 4) is 5.75 Å². The summed E-state index contributed by atoms with van der Waals surface area (Å²) in [6.45, 7) is 2.51. The van der Waals surface area contributed by atoms with E-state index in [0.717, 1.165) is 36.9 Å². The molecule has 0 aliphatic carbocycles. The summed E-state index contributed by atoms with van der Waals surface area (Å²) in [7, 11) is 3.48. The van der Waals surface area contributed by atoms with Gasteiger partial charge in [0, 0.05) is 30.4 Å². The number of hydrogen-bond donors (Lipinski definition) is 1. The van der Waals surface area contributed by atoms with E-state index < -0.39 is 0 Å². The molecule has 1 aromatic carbocycles. The number of benzene rings is 1. The van der Waals surface area contributed by atoms with Crippen LogP contribution in [0.1, 0.15) is 36.0 Å². The number of nitrogens with zero attached hydrogens (tertiary/aromatic N) is 1. The second-order valence-electron chi connectivity index (χ2n) is 6.17. The number of amides is 1. The van der Waals surface area contributed by atoms with Crippen molar-refractivity contribution in [3.05, 3.63) is 28.2 Å². The Kier molecular flexibility index (Phi) is 9.46. The Hall–Kier alpha value is -1.11. The number of rotatable bonds is 7. The van der Waals surface area contributed by atoms with E-state index in [9.17, 15) is 9.59 Å².